The molecular weight excluding hydrogens is 377 g/mol. The van der Waals surface area contributed by atoms with E-state index in [2.05, 4.69) is 19.9 Å². The van der Waals surface area contributed by atoms with Gasteiger partial charge in [-0.3, -0.25) is 4.90 Å². The summed E-state index contributed by atoms with van der Waals surface area (Å²) in [5.41, 5.74) is 9.32. The van der Waals surface area contributed by atoms with Crippen LogP contribution in [0.25, 0.3) is 10.4 Å². The minimum Gasteiger partial charge on any atom is -0.444 e. The largest absolute Gasteiger partial charge is 0.444 e. The average molecular weight is 397 g/mol. The summed E-state index contributed by atoms with van der Waals surface area (Å²) in [6, 6.07) is 10.5. The highest BCUT2D eigenvalue weighted by molar-refractivity contribution is 5.90. The van der Waals surface area contributed by atoms with Gasteiger partial charge in [-0.2, -0.15) is 0 Å². The molecule has 0 spiro atoms. The second kappa shape index (κ2) is 8.24. The molecule has 1 amide bonds. The van der Waals surface area contributed by atoms with Gasteiger partial charge in [0.25, 0.3) is 0 Å². The van der Waals surface area contributed by atoms with E-state index in [0.29, 0.717) is 24.5 Å². The molecule has 0 N–H and O–H groups in total. The van der Waals surface area contributed by atoms with Gasteiger partial charge in [0.1, 0.15) is 17.7 Å². The fraction of sp³-hybridized carbons (Fsp3) is 0.368. The molecule has 1 atom stereocenters. The lowest BCUT2D eigenvalue weighted by Crippen LogP contribution is -2.47. The van der Waals surface area contributed by atoms with E-state index >= 15 is 0 Å². The first-order valence-corrected chi connectivity index (χ1v) is 9.35. The Hall–Kier alpha value is -3.52. The molecule has 1 aromatic carbocycles. The van der Waals surface area contributed by atoms with Gasteiger partial charge >= 0.3 is 6.09 Å². The molecule has 3 heterocycles. The minimum atomic E-state index is -0.570. The van der Waals surface area contributed by atoms with Crippen LogP contribution in [0.5, 0.6) is 0 Å². The van der Waals surface area contributed by atoms with Crippen LogP contribution in [0, 0.1) is 5.82 Å². The van der Waals surface area contributed by atoms with Gasteiger partial charge in [-0.15, -0.1) is 0 Å². The predicted molar refractivity (Wildman–Crippen MR) is 107 cm³/mol. The summed E-state index contributed by atoms with van der Waals surface area (Å²) in [6.45, 7) is 3.12. The molecule has 0 radical (unpaired) electrons. The number of ether oxygens (including phenoxy) is 1. The van der Waals surface area contributed by atoms with Crippen LogP contribution in [0.1, 0.15) is 0 Å². The van der Waals surface area contributed by atoms with E-state index in [0.717, 1.165) is 18.9 Å². The average Bonchev–Trinajstić information content (AvgIpc) is 3.13. The molecule has 9 nitrogen and oxygen atoms in total. The maximum absolute atomic E-state index is 14.8. The highest BCUT2D eigenvalue weighted by Crippen LogP contribution is 2.29. The van der Waals surface area contributed by atoms with Crippen molar-refractivity contribution in [2.75, 3.05) is 54.0 Å². The Morgan fingerprint density at radius 3 is 2.69 bits per heavy atom. The number of nitrogens with zero attached hydrogens (tertiary/aromatic N) is 7. The number of benzene rings is 1. The van der Waals surface area contributed by atoms with Crippen LogP contribution in [0.4, 0.5) is 26.4 Å². The molecule has 2 aliphatic rings. The number of aromatic nitrogens is 1. The molecule has 0 saturated carbocycles. The third kappa shape index (κ3) is 4.02. The van der Waals surface area contributed by atoms with Crippen LogP contribution in [-0.2, 0) is 4.74 Å². The van der Waals surface area contributed by atoms with Gasteiger partial charge in [0, 0.05) is 37.3 Å². The number of piperazine rings is 1. The van der Waals surface area contributed by atoms with Gasteiger partial charge in [-0.25, -0.2) is 14.2 Å². The Bertz CT molecular complexity index is 927. The summed E-state index contributed by atoms with van der Waals surface area (Å²) in [6.07, 6.45) is 0.667. The number of pyridine rings is 1. The highest BCUT2D eigenvalue weighted by Gasteiger charge is 2.32. The van der Waals surface area contributed by atoms with Crippen LogP contribution >= 0.6 is 0 Å². The molecule has 4 rings (SSSR count). The summed E-state index contributed by atoms with van der Waals surface area (Å²) in [7, 11) is 0. The van der Waals surface area contributed by atoms with Crippen molar-refractivity contribution in [2.45, 2.75) is 6.10 Å². The number of halogens is 1. The molecular formula is C19H20FN7O2. The number of hydrogen-bond acceptors (Lipinski definition) is 6. The number of amides is 1. The van der Waals surface area contributed by atoms with Crippen molar-refractivity contribution < 1.29 is 13.9 Å². The van der Waals surface area contributed by atoms with E-state index in [9.17, 15) is 9.18 Å². The van der Waals surface area contributed by atoms with E-state index in [1.165, 1.54) is 11.0 Å². The Kier molecular flexibility index (Phi) is 5.35. The number of azide groups is 1. The van der Waals surface area contributed by atoms with E-state index < -0.39 is 12.2 Å². The number of rotatable bonds is 5. The number of hydrogen-bond donors (Lipinski definition) is 0. The van der Waals surface area contributed by atoms with Gasteiger partial charge < -0.3 is 14.5 Å². The van der Waals surface area contributed by atoms with Crippen molar-refractivity contribution in [2.24, 2.45) is 5.11 Å². The first-order valence-electron chi connectivity index (χ1n) is 9.35. The standard InChI is InChI=1S/C19H20FN7O2/c20-16-11-14(27-13-15(12-23-24-21)29-19(27)28)4-5-17(16)25-7-9-26(10-8-25)18-3-1-2-6-22-18/h1-6,11,15H,7-10,12-13H2/t15-/m0/s1. The first kappa shape index (κ1) is 18.8. The van der Waals surface area contributed by atoms with Gasteiger partial charge in [0.05, 0.1) is 24.5 Å². The Morgan fingerprint density at radius 2 is 2.00 bits per heavy atom. The van der Waals surface area contributed by atoms with Crippen LogP contribution in [0.2, 0.25) is 0 Å². The zero-order chi connectivity index (χ0) is 20.2. The van der Waals surface area contributed by atoms with Gasteiger partial charge in [-0.1, -0.05) is 11.2 Å². The van der Waals surface area contributed by atoms with Crippen molar-refractivity contribution in [3.8, 4) is 0 Å². The Morgan fingerprint density at radius 1 is 1.21 bits per heavy atom. The third-order valence-corrected chi connectivity index (χ3v) is 5.06. The Balaban J connectivity index is 1.42. The van der Waals surface area contributed by atoms with E-state index in [4.69, 9.17) is 10.3 Å². The maximum atomic E-state index is 14.8. The fourth-order valence-electron chi connectivity index (χ4n) is 3.59. The van der Waals surface area contributed by atoms with Crippen molar-refractivity contribution in [1.82, 2.24) is 4.98 Å². The summed E-state index contributed by atoms with van der Waals surface area (Å²) in [4.78, 5) is 24.6. The zero-order valence-corrected chi connectivity index (χ0v) is 15.7. The summed E-state index contributed by atoms with van der Waals surface area (Å²) in [5.74, 6) is 0.533. The second-order valence-electron chi connectivity index (χ2n) is 6.83. The van der Waals surface area contributed by atoms with E-state index in [1.807, 2.05) is 23.1 Å². The van der Waals surface area contributed by atoms with Crippen LogP contribution in [0.15, 0.2) is 47.7 Å². The van der Waals surface area contributed by atoms with E-state index in [-0.39, 0.29) is 18.9 Å². The quantitative estimate of drug-likeness (QED) is 0.438. The molecule has 10 heteroatoms. The monoisotopic (exact) mass is 397 g/mol. The fourth-order valence-corrected chi connectivity index (χ4v) is 3.59. The van der Waals surface area contributed by atoms with Gasteiger partial charge in [0.15, 0.2) is 0 Å². The lowest BCUT2D eigenvalue weighted by molar-refractivity contribution is 0.145. The Labute approximate surface area is 166 Å². The summed E-state index contributed by atoms with van der Waals surface area (Å²) >= 11 is 0. The summed E-state index contributed by atoms with van der Waals surface area (Å²) < 4.78 is 20.0. The van der Waals surface area contributed by atoms with Crippen molar-refractivity contribution in [3.63, 3.8) is 0 Å². The molecule has 2 fully saturated rings. The smallest absolute Gasteiger partial charge is 0.414 e. The summed E-state index contributed by atoms with van der Waals surface area (Å²) in [5, 5.41) is 3.42. The number of anilines is 3. The molecule has 1 aromatic heterocycles. The maximum Gasteiger partial charge on any atom is 0.414 e. The number of carbonyl (C=O) groups is 1. The molecule has 2 aliphatic heterocycles. The van der Waals surface area contributed by atoms with E-state index in [1.54, 1.807) is 18.3 Å². The molecule has 0 bridgehead atoms. The molecule has 29 heavy (non-hydrogen) atoms. The number of carbonyl (C=O) groups excluding carboxylic acids is 1. The second-order valence-corrected chi connectivity index (χ2v) is 6.83. The zero-order valence-electron chi connectivity index (χ0n) is 15.7. The van der Waals surface area contributed by atoms with Crippen LogP contribution in [0.3, 0.4) is 0 Å². The van der Waals surface area contributed by atoms with Crippen molar-refractivity contribution in [1.29, 1.82) is 0 Å². The third-order valence-electron chi connectivity index (χ3n) is 5.06. The highest BCUT2D eigenvalue weighted by atomic mass is 19.1. The predicted octanol–water partition coefficient (Wildman–Crippen LogP) is 3.18. The van der Waals surface area contributed by atoms with Gasteiger partial charge in [-0.05, 0) is 35.9 Å². The number of cyclic esters (lactones) is 1. The molecule has 150 valence electrons. The van der Waals surface area contributed by atoms with Crippen molar-refractivity contribution >= 4 is 23.3 Å². The molecule has 0 aliphatic carbocycles. The molecule has 2 aromatic rings. The normalized spacial score (nSPS) is 19.1. The van der Waals surface area contributed by atoms with Gasteiger partial charge in [0.2, 0.25) is 0 Å². The lowest BCUT2D eigenvalue weighted by Gasteiger charge is -2.37. The molecule has 0 unspecified atom stereocenters. The SMILES string of the molecule is [N-]=[N+]=NC[C@H]1CN(c2ccc(N3CCN(c4ccccn4)CC3)c(F)c2)C(=O)O1. The minimum absolute atomic E-state index is 0.0554. The van der Waals surface area contributed by atoms with Crippen LogP contribution in [-0.4, -0.2) is 56.4 Å². The lowest BCUT2D eigenvalue weighted by atomic mass is 10.2. The first-order chi connectivity index (χ1) is 14.2. The topological polar surface area (TPSA) is 97.7 Å². The molecule has 2 saturated heterocycles. The van der Waals surface area contributed by atoms with Crippen molar-refractivity contribution in [3.05, 3.63) is 58.9 Å². The van der Waals surface area contributed by atoms with Crippen LogP contribution < -0.4 is 14.7 Å².